The van der Waals surface area contributed by atoms with Gasteiger partial charge in [-0.3, -0.25) is 14.3 Å². The first kappa shape index (κ1) is 19.5. The second-order valence-electron chi connectivity index (χ2n) is 6.01. The molecule has 0 fully saturated rings. The third-order valence-electron chi connectivity index (χ3n) is 3.89. The second kappa shape index (κ2) is 8.21. The minimum atomic E-state index is -2.72. The summed E-state index contributed by atoms with van der Waals surface area (Å²) < 4.78 is 27.8. The summed E-state index contributed by atoms with van der Waals surface area (Å²) >= 11 is 11.8. The molecule has 27 heavy (non-hydrogen) atoms. The number of fused-ring (bicyclic) bond motifs is 1. The Hall–Kier alpha value is -2.22. The largest absolute Gasteiger partial charge is 0.325 e. The smallest absolute Gasteiger partial charge is 0.320 e. The molecule has 0 aliphatic heterocycles. The first-order valence-electron chi connectivity index (χ1n) is 8.02. The summed E-state index contributed by atoms with van der Waals surface area (Å²) in [4.78, 5) is 18.1. The molecular formula is C18H16Cl2F2N4O. The van der Waals surface area contributed by atoms with Gasteiger partial charge in [-0.05, 0) is 37.4 Å². The Morgan fingerprint density at radius 1 is 1.22 bits per heavy atom. The van der Waals surface area contributed by atoms with E-state index < -0.39 is 6.55 Å². The van der Waals surface area contributed by atoms with Gasteiger partial charge >= 0.3 is 6.55 Å². The summed E-state index contributed by atoms with van der Waals surface area (Å²) in [5.74, 6) is -0.119. The quantitative estimate of drug-likeness (QED) is 0.631. The van der Waals surface area contributed by atoms with Gasteiger partial charge in [0.1, 0.15) is 5.82 Å². The Morgan fingerprint density at radius 3 is 2.67 bits per heavy atom. The topological polar surface area (TPSA) is 50.2 Å². The van der Waals surface area contributed by atoms with Crippen LogP contribution in [-0.2, 0) is 11.3 Å². The normalized spacial score (nSPS) is 11.5. The molecule has 9 heteroatoms. The summed E-state index contributed by atoms with van der Waals surface area (Å²) in [6, 6.07) is 11.4. The van der Waals surface area contributed by atoms with E-state index in [1.165, 1.54) is 6.07 Å². The van der Waals surface area contributed by atoms with E-state index in [9.17, 15) is 13.6 Å². The van der Waals surface area contributed by atoms with Gasteiger partial charge in [0.2, 0.25) is 5.91 Å². The molecule has 0 bridgehead atoms. The van der Waals surface area contributed by atoms with Crippen LogP contribution in [0, 0.1) is 0 Å². The van der Waals surface area contributed by atoms with Crippen molar-refractivity contribution < 1.29 is 13.6 Å². The van der Waals surface area contributed by atoms with Crippen LogP contribution in [-0.4, -0.2) is 34.0 Å². The number of carbonyl (C=O) groups is 1. The van der Waals surface area contributed by atoms with E-state index >= 15 is 0 Å². The lowest BCUT2D eigenvalue weighted by Gasteiger charge is -2.17. The molecule has 1 amide bonds. The molecule has 1 N–H and O–H groups in total. The predicted octanol–water partition coefficient (Wildman–Crippen LogP) is 4.81. The summed E-state index contributed by atoms with van der Waals surface area (Å²) in [7, 11) is 1.66. The molecule has 0 aliphatic rings. The van der Waals surface area contributed by atoms with E-state index in [1.54, 1.807) is 48.3 Å². The maximum Gasteiger partial charge on any atom is 0.320 e. The Bertz CT molecular complexity index is 977. The number of nitrogens with one attached hydrogen (secondary N) is 1. The van der Waals surface area contributed by atoms with Crippen LogP contribution < -0.4 is 5.32 Å². The van der Waals surface area contributed by atoms with Gasteiger partial charge < -0.3 is 5.32 Å². The summed E-state index contributed by atoms with van der Waals surface area (Å²) in [6.45, 7) is -2.63. The highest BCUT2D eigenvalue weighted by Crippen LogP contribution is 2.25. The number of anilines is 1. The third-order valence-corrected chi connectivity index (χ3v) is 4.63. The van der Waals surface area contributed by atoms with Crippen molar-refractivity contribution in [2.75, 3.05) is 18.9 Å². The Labute approximate surface area is 164 Å². The number of hydrogen-bond donors (Lipinski definition) is 1. The fraction of sp³-hybridized carbons (Fsp3) is 0.222. The van der Waals surface area contributed by atoms with Crippen molar-refractivity contribution in [3.8, 4) is 0 Å². The van der Waals surface area contributed by atoms with Gasteiger partial charge in [-0.15, -0.1) is 0 Å². The zero-order valence-electron chi connectivity index (χ0n) is 14.3. The highest BCUT2D eigenvalue weighted by atomic mass is 35.5. The van der Waals surface area contributed by atoms with Crippen LogP contribution in [0.5, 0.6) is 0 Å². The third kappa shape index (κ3) is 4.55. The Balaban J connectivity index is 1.69. The molecule has 0 saturated heterocycles. The number of halogens is 4. The monoisotopic (exact) mass is 412 g/mol. The number of alkyl halides is 2. The predicted molar refractivity (Wildman–Crippen MR) is 102 cm³/mol. The van der Waals surface area contributed by atoms with Crippen molar-refractivity contribution in [3.05, 3.63) is 58.3 Å². The van der Waals surface area contributed by atoms with Crippen molar-refractivity contribution >= 4 is 45.8 Å². The molecule has 3 aromatic rings. The van der Waals surface area contributed by atoms with Crippen molar-refractivity contribution in [3.63, 3.8) is 0 Å². The number of para-hydroxylation sites is 2. The highest BCUT2D eigenvalue weighted by molar-refractivity contribution is 6.42. The van der Waals surface area contributed by atoms with Crippen molar-refractivity contribution in [1.82, 2.24) is 14.5 Å². The minimum Gasteiger partial charge on any atom is -0.325 e. The molecular weight excluding hydrogens is 397 g/mol. The lowest BCUT2D eigenvalue weighted by Crippen LogP contribution is -2.30. The number of benzene rings is 2. The van der Waals surface area contributed by atoms with Crippen LogP contribution in [0.1, 0.15) is 12.4 Å². The fourth-order valence-electron chi connectivity index (χ4n) is 2.74. The molecule has 1 heterocycles. The molecule has 0 radical (unpaired) electrons. The lowest BCUT2D eigenvalue weighted by molar-refractivity contribution is -0.117. The molecule has 2 aromatic carbocycles. The summed E-state index contributed by atoms with van der Waals surface area (Å²) in [5, 5.41) is 3.41. The average molecular weight is 413 g/mol. The van der Waals surface area contributed by atoms with E-state index in [1.807, 2.05) is 0 Å². The molecule has 5 nitrogen and oxygen atoms in total. The fourth-order valence-corrected chi connectivity index (χ4v) is 3.04. The molecule has 0 saturated carbocycles. The first-order valence-corrected chi connectivity index (χ1v) is 8.78. The van der Waals surface area contributed by atoms with Gasteiger partial charge in [0.05, 0.1) is 34.2 Å². The summed E-state index contributed by atoms with van der Waals surface area (Å²) in [6.07, 6.45) is 0. The molecule has 3 rings (SSSR count). The average Bonchev–Trinajstić information content (AvgIpc) is 2.95. The van der Waals surface area contributed by atoms with Crippen LogP contribution in [0.3, 0.4) is 0 Å². The van der Waals surface area contributed by atoms with Gasteiger partial charge in [-0.2, -0.15) is 8.78 Å². The van der Waals surface area contributed by atoms with Crippen LogP contribution in [0.15, 0.2) is 42.5 Å². The molecule has 0 atom stereocenters. The number of imidazole rings is 1. The Morgan fingerprint density at radius 2 is 1.96 bits per heavy atom. The maximum atomic E-state index is 13.5. The van der Waals surface area contributed by atoms with Gasteiger partial charge in [-0.25, -0.2) is 4.98 Å². The van der Waals surface area contributed by atoms with E-state index in [0.717, 1.165) is 4.57 Å². The van der Waals surface area contributed by atoms with E-state index in [-0.39, 0.29) is 24.8 Å². The van der Waals surface area contributed by atoms with E-state index in [2.05, 4.69) is 10.3 Å². The van der Waals surface area contributed by atoms with Crippen LogP contribution >= 0.6 is 23.2 Å². The molecule has 0 aliphatic carbocycles. The van der Waals surface area contributed by atoms with Gasteiger partial charge in [0, 0.05) is 5.69 Å². The van der Waals surface area contributed by atoms with Gasteiger partial charge in [-0.1, -0.05) is 35.3 Å². The first-order chi connectivity index (χ1) is 12.8. The molecule has 0 unspecified atom stereocenters. The number of rotatable bonds is 6. The minimum absolute atomic E-state index is 0.00725. The molecule has 0 spiro atoms. The number of hydrogen-bond acceptors (Lipinski definition) is 3. The lowest BCUT2D eigenvalue weighted by atomic mass is 10.3. The maximum absolute atomic E-state index is 13.5. The number of amides is 1. The number of carbonyl (C=O) groups excluding carboxylic acids is 1. The zero-order chi connectivity index (χ0) is 19.6. The SMILES string of the molecule is CN(CC(=O)Nc1ccc(Cl)c(Cl)c1)Cc1nc2ccccc2n1C(F)F. The van der Waals surface area contributed by atoms with Crippen LogP contribution in [0.25, 0.3) is 11.0 Å². The van der Waals surface area contributed by atoms with Crippen LogP contribution in [0.4, 0.5) is 14.5 Å². The standard InChI is InChI=1S/C18H16Cl2F2N4O/c1-25(10-17(27)23-11-6-7-12(19)13(20)8-11)9-16-24-14-4-2-3-5-15(14)26(16)18(21)22/h2-8,18H,9-10H2,1H3,(H,23,27). The second-order valence-corrected chi connectivity index (χ2v) is 6.83. The van der Waals surface area contributed by atoms with E-state index in [4.69, 9.17) is 23.2 Å². The van der Waals surface area contributed by atoms with Crippen LogP contribution in [0.2, 0.25) is 10.0 Å². The zero-order valence-corrected chi connectivity index (χ0v) is 15.8. The summed E-state index contributed by atoms with van der Waals surface area (Å²) in [5.41, 5.74) is 1.35. The number of aromatic nitrogens is 2. The van der Waals surface area contributed by atoms with Crippen molar-refractivity contribution in [1.29, 1.82) is 0 Å². The Kier molecular flexibility index (Phi) is 5.94. The van der Waals surface area contributed by atoms with Crippen molar-refractivity contribution in [2.24, 2.45) is 0 Å². The van der Waals surface area contributed by atoms with Gasteiger partial charge in [0.15, 0.2) is 0 Å². The molecule has 1 aromatic heterocycles. The number of likely N-dealkylation sites (N-methyl/N-ethyl adjacent to an activating group) is 1. The highest BCUT2D eigenvalue weighted by Gasteiger charge is 2.19. The van der Waals surface area contributed by atoms with Gasteiger partial charge in [0.25, 0.3) is 0 Å². The van der Waals surface area contributed by atoms with Crippen molar-refractivity contribution in [2.45, 2.75) is 13.1 Å². The number of nitrogens with zero attached hydrogens (tertiary/aromatic N) is 3. The van der Waals surface area contributed by atoms with E-state index in [0.29, 0.717) is 26.8 Å². The molecule has 142 valence electrons.